The van der Waals surface area contributed by atoms with Gasteiger partial charge in [0.05, 0.1) is 5.39 Å². The van der Waals surface area contributed by atoms with E-state index in [2.05, 4.69) is 18.3 Å². The van der Waals surface area contributed by atoms with Gasteiger partial charge in [-0.25, -0.2) is 9.97 Å². The van der Waals surface area contributed by atoms with Crippen molar-refractivity contribution in [2.75, 3.05) is 25.6 Å². The van der Waals surface area contributed by atoms with Crippen LogP contribution in [0.1, 0.15) is 18.2 Å². The first kappa shape index (κ1) is 15.9. The summed E-state index contributed by atoms with van der Waals surface area (Å²) < 4.78 is 5.11. The van der Waals surface area contributed by atoms with Crippen LogP contribution in [0.25, 0.3) is 21.6 Å². The highest BCUT2D eigenvalue weighted by Gasteiger charge is 2.12. The van der Waals surface area contributed by atoms with E-state index < -0.39 is 0 Å². The van der Waals surface area contributed by atoms with Gasteiger partial charge < -0.3 is 10.1 Å². The molecule has 5 heteroatoms. The molecular weight excluding hydrogens is 306 g/mol. The predicted molar refractivity (Wildman–Crippen MR) is 97.2 cm³/mol. The third-order valence-corrected chi connectivity index (χ3v) is 4.82. The van der Waals surface area contributed by atoms with E-state index in [1.807, 2.05) is 30.3 Å². The number of anilines is 1. The van der Waals surface area contributed by atoms with Gasteiger partial charge in [-0.3, -0.25) is 0 Å². The smallest absolute Gasteiger partial charge is 0.163 e. The van der Waals surface area contributed by atoms with Crippen LogP contribution in [0.3, 0.4) is 0 Å². The van der Waals surface area contributed by atoms with Crippen LogP contribution in [0.5, 0.6) is 0 Å². The van der Waals surface area contributed by atoms with Crippen molar-refractivity contribution in [2.24, 2.45) is 0 Å². The summed E-state index contributed by atoms with van der Waals surface area (Å²) in [5, 5.41) is 4.56. The van der Waals surface area contributed by atoms with Crippen molar-refractivity contribution in [3.63, 3.8) is 0 Å². The van der Waals surface area contributed by atoms with Crippen LogP contribution in [0.15, 0.2) is 36.4 Å². The molecule has 0 atom stereocenters. The normalized spacial score (nSPS) is 11.0. The molecular formula is C18H21N3OS. The van der Waals surface area contributed by atoms with Crippen LogP contribution in [-0.4, -0.2) is 30.2 Å². The van der Waals surface area contributed by atoms with Gasteiger partial charge >= 0.3 is 0 Å². The van der Waals surface area contributed by atoms with E-state index in [0.717, 1.165) is 53.4 Å². The monoisotopic (exact) mass is 327 g/mol. The van der Waals surface area contributed by atoms with Gasteiger partial charge in [0, 0.05) is 30.7 Å². The summed E-state index contributed by atoms with van der Waals surface area (Å²) in [5.41, 5.74) is 1.04. The first-order valence-corrected chi connectivity index (χ1v) is 8.72. The lowest BCUT2D eigenvalue weighted by Crippen LogP contribution is -2.07. The van der Waals surface area contributed by atoms with Gasteiger partial charge in [-0.1, -0.05) is 37.3 Å². The molecule has 3 aromatic rings. The summed E-state index contributed by atoms with van der Waals surface area (Å²) >= 11 is 1.75. The number of benzene rings is 1. The Labute approximate surface area is 140 Å². The van der Waals surface area contributed by atoms with Crippen LogP contribution in [0.4, 0.5) is 5.82 Å². The van der Waals surface area contributed by atoms with Crippen molar-refractivity contribution in [1.82, 2.24) is 9.97 Å². The zero-order valence-corrected chi connectivity index (χ0v) is 14.3. The Morgan fingerprint density at radius 2 is 2.00 bits per heavy atom. The minimum Gasteiger partial charge on any atom is -0.385 e. The fourth-order valence-corrected chi connectivity index (χ4v) is 3.39. The molecule has 0 saturated heterocycles. The van der Waals surface area contributed by atoms with Crippen molar-refractivity contribution < 1.29 is 4.74 Å². The van der Waals surface area contributed by atoms with Crippen molar-refractivity contribution in [3.05, 3.63) is 41.3 Å². The Hall–Kier alpha value is -1.98. The molecule has 0 aliphatic carbocycles. The first-order chi connectivity index (χ1) is 11.3. The highest BCUT2D eigenvalue weighted by Crippen LogP contribution is 2.31. The molecule has 0 bridgehead atoms. The number of hydrogen-bond donors (Lipinski definition) is 1. The quantitative estimate of drug-likeness (QED) is 0.655. The maximum absolute atomic E-state index is 5.11. The molecule has 0 aliphatic rings. The van der Waals surface area contributed by atoms with Gasteiger partial charge in [0.25, 0.3) is 0 Å². The van der Waals surface area contributed by atoms with Crippen LogP contribution in [-0.2, 0) is 11.2 Å². The minimum atomic E-state index is 0.747. The number of fused-ring (bicyclic) bond motifs is 1. The highest BCUT2D eigenvalue weighted by molar-refractivity contribution is 7.18. The molecule has 120 valence electrons. The number of aromatic nitrogens is 2. The lowest BCUT2D eigenvalue weighted by Gasteiger charge is -2.08. The van der Waals surface area contributed by atoms with Crippen LogP contribution >= 0.6 is 11.3 Å². The molecule has 1 N–H and O–H groups in total. The second-order valence-corrected chi connectivity index (χ2v) is 6.44. The van der Waals surface area contributed by atoms with Crippen LogP contribution < -0.4 is 5.32 Å². The zero-order chi connectivity index (χ0) is 16.1. The maximum Gasteiger partial charge on any atom is 0.163 e. The SMILES string of the molecule is CCc1cc2c(NCCCOC)nc(-c3ccccc3)nc2s1. The maximum atomic E-state index is 5.11. The standard InChI is InChI=1S/C18H21N3OS/c1-3-14-12-15-17(19-10-7-11-22-2)20-16(21-18(15)23-14)13-8-5-4-6-9-13/h4-6,8-9,12H,3,7,10-11H2,1-2H3,(H,19,20,21). The number of methoxy groups -OCH3 is 1. The van der Waals surface area contributed by atoms with Gasteiger partial charge in [0.1, 0.15) is 10.6 Å². The number of ether oxygens (including phenoxy) is 1. The van der Waals surface area contributed by atoms with Crippen molar-refractivity contribution in [3.8, 4) is 11.4 Å². The van der Waals surface area contributed by atoms with Gasteiger partial charge in [0.2, 0.25) is 0 Å². The van der Waals surface area contributed by atoms with Crippen LogP contribution in [0, 0.1) is 0 Å². The van der Waals surface area contributed by atoms with Crippen molar-refractivity contribution >= 4 is 27.4 Å². The van der Waals surface area contributed by atoms with E-state index in [1.165, 1.54) is 4.88 Å². The average molecular weight is 327 g/mol. The van der Waals surface area contributed by atoms with Gasteiger partial charge in [0.15, 0.2) is 5.82 Å². The Kier molecular flexibility index (Phi) is 5.20. The van der Waals surface area contributed by atoms with Crippen molar-refractivity contribution in [1.29, 1.82) is 0 Å². The van der Waals surface area contributed by atoms with E-state index in [0.29, 0.717) is 0 Å². The summed E-state index contributed by atoms with van der Waals surface area (Å²) in [6.07, 6.45) is 1.97. The summed E-state index contributed by atoms with van der Waals surface area (Å²) in [4.78, 5) is 11.9. The van der Waals surface area contributed by atoms with E-state index in [4.69, 9.17) is 14.7 Å². The molecule has 4 nitrogen and oxygen atoms in total. The highest BCUT2D eigenvalue weighted by atomic mass is 32.1. The molecule has 3 rings (SSSR count). The average Bonchev–Trinajstić information content (AvgIpc) is 3.02. The molecule has 0 radical (unpaired) electrons. The Morgan fingerprint density at radius 3 is 2.74 bits per heavy atom. The van der Waals surface area contributed by atoms with Crippen molar-refractivity contribution in [2.45, 2.75) is 19.8 Å². The molecule has 0 unspecified atom stereocenters. The number of rotatable bonds is 7. The number of nitrogens with one attached hydrogen (secondary N) is 1. The van der Waals surface area contributed by atoms with E-state index in [1.54, 1.807) is 18.4 Å². The molecule has 2 heterocycles. The first-order valence-electron chi connectivity index (χ1n) is 7.90. The van der Waals surface area contributed by atoms with Gasteiger partial charge in [-0.05, 0) is 18.9 Å². The molecule has 2 aromatic heterocycles. The molecule has 0 aliphatic heterocycles. The van der Waals surface area contributed by atoms with E-state index in [9.17, 15) is 0 Å². The lowest BCUT2D eigenvalue weighted by atomic mass is 10.2. The van der Waals surface area contributed by atoms with E-state index in [-0.39, 0.29) is 0 Å². The Balaban J connectivity index is 1.98. The summed E-state index contributed by atoms with van der Waals surface area (Å²) in [5.74, 6) is 1.69. The molecule has 0 fully saturated rings. The fraction of sp³-hybridized carbons (Fsp3) is 0.333. The number of aryl methyl sites for hydroxylation is 1. The second kappa shape index (κ2) is 7.53. The third-order valence-electron chi connectivity index (χ3n) is 3.64. The predicted octanol–water partition coefficient (Wildman–Crippen LogP) is 4.37. The topological polar surface area (TPSA) is 47.0 Å². The fourth-order valence-electron chi connectivity index (χ4n) is 2.42. The van der Waals surface area contributed by atoms with Gasteiger partial charge in [-0.15, -0.1) is 11.3 Å². The summed E-state index contributed by atoms with van der Waals surface area (Å²) in [7, 11) is 1.72. The Bertz CT molecular complexity index is 771. The number of hydrogen-bond acceptors (Lipinski definition) is 5. The lowest BCUT2D eigenvalue weighted by molar-refractivity contribution is 0.198. The van der Waals surface area contributed by atoms with E-state index >= 15 is 0 Å². The zero-order valence-electron chi connectivity index (χ0n) is 13.5. The van der Waals surface area contributed by atoms with Crippen LogP contribution in [0.2, 0.25) is 0 Å². The Morgan fingerprint density at radius 1 is 1.17 bits per heavy atom. The third kappa shape index (κ3) is 3.68. The van der Waals surface area contributed by atoms with Gasteiger partial charge in [-0.2, -0.15) is 0 Å². The largest absolute Gasteiger partial charge is 0.385 e. The molecule has 0 amide bonds. The molecule has 23 heavy (non-hydrogen) atoms. The summed E-state index contributed by atoms with van der Waals surface area (Å²) in [6, 6.07) is 12.3. The number of nitrogens with zero attached hydrogens (tertiary/aromatic N) is 2. The number of thiophene rings is 1. The minimum absolute atomic E-state index is 0.747. The molecule has 0 spiro atoms. The second-order valence-electron chi connectivity index (χ2n) is 5.32. The summed E-state index contributed by atoms with van der Waals surface area (Å²) in [6.45, 7) is 3.75. The molecule has 1 aromatic carbocycles. The molecule has 0 saturated carbocycles.